The van der Waals surface area contributed by atoms with Crippen molar-refractivity contribution >= 4 is 39.0 Å². The number of rotatable bonds is 1. The second-order valence-electron chi connectivity index (χ2n) is 5.20. The molecule has 0 unspecified atom stereocenters. The number of anilines is 1. The monoisotopic (exact) mass is 303 g/mol. The van der Waals surface area contributed by atoms with Crippen molar-refractivity contribution in [3.8, 4) is 11.4 Å². The van der Waals surface area contributed by atoms with Crippen molar-refractivity contribution in [3.63, 3.8) is 0 Å². The quantitative estimate of drug-likeness (QED) is 0.737. The lowest BCUT2D eigenvalue weighted by Gasteiger charge is -2.05. The van der Waals surface area contributed by atoms with Crippen molar-refractivity contribution in [1.82, 2.24) is 9.55 Å². The van der Waals surface area contributed by atoms with Crippen LogP contribution in [-0.4, -0.2) is 9.55 Å². The molecule has 0 aliphatic heterocycles. The van der Waals surface area contributed by atoms with E-state index in [-0.39, 0.29) is 0 Å². The standard InChI is InChI=1S/C15H14ClN3S/c1-19-13-9(16)5-3-6-10(13)18-15(19)12-8-4-2-7-11(8)20-14(12)17/h3,5-6H,2,4,7,17H2,1H3. The van der Waals surface area contributed by atoms with Crippen LogP contribution in [0, 0.1) is 0 Å². The predicted molar refractivity (Wildman–Crippen MR) is 85.5 cm³/mol. The van der Waals surface area contributed by atoms with Gasteiger partial charge in [0.25, 0.3) is 0 Å². The molecule has 1 aliphatic rings. The van der Waals surface area contributed by atoms with Gasteiger partial charge in [0.05, 0.1) is 26.6 Å². The number of nitrogens with two attached hydrogens (primary N) is 1. The first-order chi connectivity index (χ1) is 9.66. The molecule has 102 valence electrons. The van der Waals surface area contributed by atoms with Gasteiger partial charge in [-0.25, -0.2) is 4.98 Å². The molecular weight excluding hydrogens is 290 g/mol. The van der Waals surface area contributed by atoms with Gasteiger partial charge in [0.15, 0.2) is 0 Å². The smallest absolute Gasteiger partial charge is 0.144 e. The molecule has 0 saturated heterocycles. The summed E-state index contributed by atoms with van der Waals surface area (Å²) in [4.78, 5) is 6.19. The molecule has 0 amide bonds. The number of para-hydroxylation sites is 1. The Morgan fingerprint density at radius 2 is 2.20 bits per heavy atom. The predicted octanol–water partition coefficient (Wildman–Crippen LogP) is 4.03. The Kier molecular flexibility index (Phi) is 2.59. The first-order valence-corrected chi connectivity index (χ1v) is 7.87. The Morgan fingerprint density at radius 1 is 1.35 bits per heavy atom. The van der Waals surface area contributed by atoms with Gasteiger partial charge in [-0.05, 0) is 37.0 Å². The maximum absolute atomic E-state index is 6.30. The highest BCUT2D eigenvalue weighted by Crippen LogP contribution is 2.43. The molecule has 0 atom stereocenters. The number of thiophene rings is 1. The number of halogens is 1. The molecule has 0 bridgehead atoms. The SMILES string of the molecule is Cn1c(-c2c(N)sc3c2CCC3)nc2cccc(Cl)c21. The molecule has 20 heavy (non-hydrogen) atoms. The third-order valence-electron chi connectivity index (χ3n) is 4.02. The molecule has 3 aromatic rings. The van der Waals surface area contributed by atoms with E-state index in [4.69, 9.17) is 22.3 Å². The van der Waals surface area contributed by atoms with Crippen molar-refractivity contribution in [1.29, 1.82) is 0 Å². The molecule has 0 fully saturated rings. The molecule has 2 N–H and O–H groups in total. The van der Waals surface area contributed by atoms with Gasteiger partial charge in [-0.15, -0.1) is 11.3 Å². The number of nitrogen functional groups attached to an aromatic ring is 1. The summed E-state index contributed by atoms with van der Waals surface area (Å²) >= 11 is 8.02. The number of aryl methyl sites for hydroxylation is 2. The van der Waals surface area contributed by atoms with Crippen LogP contribution in [0.3, 0.4) is 0 Å². The van der Waals surface area contributed by atoms with Crippen LogP contribution in [0.15, 0.2) is 18.2 Å². The lowest BCUT2D eigenvalue weighted by molar-refractivity contribution is 0.911. The Balaban J connectivity index is 2.04. The zero-order chi connectivity index (χ0) is 13.9. The highest BCUT2D eigenvalue weighted by Gasteiger charge is 2.25. The van der Waals surface area contributed by atoms with Crippen molar-refractivity contribution in [2.24, 2.45) is 7.05 Å². The molecule has 2 aromatic heterocycles. The van der Waals surface area contributed by atoms with Crippen molar-refractivity contribution < 1.29 is 0 Å². The normalized spacial score (nSPS) is 14.1. The number of aromatic nitrogens is 2. The first kappa shape index (κ1) is 12.2. The Labute approximate surface area is 126 Å². The third-order valence-corrected chi connectivity index (χ3v) is 5.44. The molecule has 0 spiro atoms. The minimum Gasteiger partial charge on any atom is -0.390 e. The van der Waals surface area contributed by atoms with Gasteiger partial charge >= 0.3 is 0 Å². The highest BCUT2D eigenvalue weighted by molar-refractivity contribution is 7.16. The second kappa shape index (κ2) is 4.24. The highest BCUT2D eigenvalue weighted by atomic mass is 35.5. The minimum absolute atomic E-state index is 0.731. The minimum atomic E-state index is 0.731. The van der Waals surface area contributed by atoms with E-state index in [2.05, 4.69) is 4.57 Å². The fraction of sp³-hybridized carbons (Fsp3) is 0.267. The van der Waals surface area contributed by atoms with Crippen molar-refractivity contribution in [3.05, 3.63) is 33.7 Å². The zero-order valence-electron chi connectivity index (χ0n) is 11.1. The van der Waals surface area contributed by atoms with Crippen molar-refractivity contribution in [2.45, 2.75) is 19.3 Å². The largest absolute Gasteiger partial charge is 0.390 e. The third kappa shape index (κ3) is 1.55. The zero-order valence-corrected chi connectivity index (χ0v) is 12.7. The molecule has 1 aliphatic carbocycles. The van der Waals surface area contributed by atoms with E-state index in [1.165, 1.54) is 16.9 Å². The number of hydrogen-bond acceptors (Lipinski definition) is 3. The van der Waals surface area contributed by atoms with Gasteiger partial charge in [0, 0.05) is 11.9 Å². The number of benzene rings is 1. The van der Waals surface area contributed by atoms with Crippen LogP contribution in [0.25, 0.3) is 22.4 Å². The van der Waals surface area contributed by atoms with Crippen LogP contribution < -0.4 is 5.73 Å². The number of hydrogen-bond donors (Lipinski definition) is 1. The van der Waals surface area contributed by atoms with Crippen LogP contribution >= 0.6 is 22.9 Å². The van der Waals surface area contributed by atoms with Crippen LogP contribution in [0.5, 0.6) is 0 Å². The summed E-state index contributed by atoms with van der Waals surface area (Å²) in [6.45, 7) is 0. The van der Waals surface area contributed by atoms with E-state index in [9.17, 15) is 0 Å². The Morgan fingerprint density at radius 3 is 3.00 bits per heavy atom. The van der Waals surface area contributed by atoms with Gasteiger partial charge < -0.3 is 10.3 Å². The first-order valence-electron chi connectivity index (χ1n) is 6.68. The van der Waals surface area contributed by atoms with E-state index in [1.807, 2.05) is 25.2 Å². The van der Waals surface area contributed by atoms with E-state index in [0.29, 0.717) is 0 Å². The fourth-order valence-corrected chi connectivity index (χ4v) is 4.57. The second-order valence-corrected chi connectivity index (χ2v) is 6.74. The molecule has 0 saturated carbocycles. The van der Waals surface area contributed by atoms with Gasteiger partial charge in [-0.1, -0.05) is 17.7 Å². The summed E-state index contributed by atoms with van der Waals surface area (Å²) in [6.07, 6.45) is 3.48. The van der Waals surface area contributed by atoms with Crippen LogP contribution in [0.2, 0.25) is 5.02 Å². The van der Waals surface area contributed by atoms with E-state index in [0.717, 1.165) is 45.3 Å². The Bertz CT molecular complexity index is 831. The lowest BCUT2D eigenvalue weighted by Crippen LogP contribution is -1.96. The molecule has 3 nitrogen and oxygen atoms in total. The summed E-state index contributed by atoms with van der Waals surface area (Å²) in [7, 11) is 2.01. The fourth-order valence-electron chi connectivity index (χ4n) is 3.12. The van der Waals surface area contributed by atoms with E-state index >= 15 is 0 Å². The Hall–Kier alpha value is -1.52. The van der Waals surface area contributed by atoms with Gasteiger partial charge in [0.1, 0.15) is 5.82 Å². The van der Waals surface area contributed by atoms with E-state index in [1.54, 1.807) is 11.3 Å². The molecule has 4 rings (SSSR count). The van der Waals surface area contributed by atoms with Gasteiger partial charge in [0.2, 0.25) is 0 Å². The summed E-state index contributed by atoms with van der Waals surface area (Å²) < 4.78 is 2.06. The molecule has 1 aromatic carbocycles. The van der Waals surface area contributed by atoms with Crippen LogP contribution in [-0.2, 0) is 19.9 Å². The van der Waals surface area contributed by atoms with Crippen molar-refractivity contribution in [2.75, 3.05) is 5.73 Å². The van der Waals surface area contributed by atoms with Gasteiger partial charge in [-0.3, -0.25) is 0 Å². The van der Waals surface area contributed by atoms with E-state index < -0.39 is 0 Å². The number of imidazole rings is 1. The van der Waals surface area contributed by atoms with Gasteiger partial charge in [-0.2, -0.15) is 0 Å². The van der Waals surface area contributed by atoms with Crippen LogP contribution in [0.4, 0.5) is 5.00 Å². The molecule has 0 radical (unpaired) electrons. The maximum Gasteiger partial charge on any atom is 0.144 e. The number of nitrogens with zero attached hydrogens (tertiary/aromatic N) is 2. The average molecular weight is 304 g/mol. The number of fused-ring (bicyclic) bond motifs is 2. The summed E-state index contributed by atoms with van der Waals surface area (Å²) in [5.74, 6) is 0.935. The summed E-state index contributed by atoms with van der Waals surface area (Å²) in [6, 6.07) is 5.83. The molecular formula is C15H14ClN3S. The van der Waals surface area contributed by atoms with Crippen LogP contribution in [0.1, 0.15) is 16.9 Å². The molecule has 2 heterocycles. The summed E-state index contributed by atoms with van der Waals surface area (Å²) in [5, 5.41) is 1.61. The maximum atomic E-state index is 6.30. The lowest BCUT2D eigenvalue weighted by atomic mass is 10.1. The average Bonchev–Trinajstić information content (AvgIpc) is 3.04. The summed E-state index contributed by atoms with van der Waals surface area (Å²) in [5.41, 5.74) is 10.7. The molecule has 5 heteroatoms. The topological polar surface area (TPSA) is 43.8 Å².